The number of sulfonamides is 1. The number of hydrogen-bond acceptors (Lipinski definition) is 4. The molecule has 32 heavy (non-hydrogen) atoms. The highest BCUT2D eigenvalue weighted by atomic mass is 32.2. The maximum atomic E-state index is 13.3. The molecule has 0 bridgehead atoms. The van der Waals surface area contributed by atoms with Gasteiger partial charge in [0.05, 0.1) is 23.7 Å². The number of methoxy groups -OCH3 is 1. The van der Waals surface area contributed by atoms with Crippen molar-refractivity contribution in [3.8, 4) is 17.0 Å². The Kier molecular flexibility index (Phi) is 6.35. The molecule has 1 aromatic heterocycles. The van der Waals surface area contributed by atoms with Gasteiger partial charge in [-0.1, -0.05) is 54.1 Å². The zero-order chi connectivity index (χ0) is 22.6. The number of rotatable bonds is 7. The summed E-state index contributed by atoms with van der Waals surface area (Å²) in [5.74, 6) is 0.634. The van der Waals surface area contributed by atoms with Crippen molar-refractivity contribution in [3.05, 3.63) is 114 Å². The van der Waals surface area contributed by atoms with Crippen LogP contribution in [-0.2, 0) is 10.0 Å². The van der Waals surface area contributed by atoms with Gasteiger partial charge in [-0.3, -0.25) is 4.98 Å². The molecule has 3 aromatic carbocycles. The van der Waals surface area contributed by atoms with E-state index in [1.165, 1.54) is 0 Å². The molecule has 0 radical (unpaired) electrons. The molecule has 5 nitrogen and oxygen atoms in total. The minimum Gasteiger partial charge on any atom is -0.497 e. The van der Waals surface area contributed by atoms with Gasteiger partial charge in [-0.25, -0.2) is 8.42 Å². The lowest BCUT2D eigenvalue weighted by Gasteiger charge is -2.23. The number of hydrogen-bond donors (Lipinski definition) is 1. The molecular formula is C26H24N2O3S. The summed E-state index contributed by atoms with van der Waals surface area (Å²) in [5, 5.41) is 0. The van der Waals surface area contributed by atoms with Crippen LogP contribution in [-0.4, -0.2) is 20.5 Å². The second-order valence-electron chi connectivity index (χ2n) is 7.45. The largest absolute Gasteiger partial charge is 0.497 e. The molecule has 0 amide bonds. The smallest absolute Gasteiger partial charge is 0.241 e. The first kappa shape index (κ1) is 21.7. The number of benzene rings is 3. The van der Waals surface area contributed by atoms with Crippen LogP contribution in [0.2, 0.25) is 0 Å². The second-order valence-corrected chi connectivity index (χ2v) is 9.16. The van der Waals surface area contributed by atoms with Crippen LogP contribution in [0.5, 0.6) is 5.75 Å². The van der Waals surface area contributed by atoms with Crippen LogP contribution in [0, 0.1) is 6.92 Å². The number of aryl methyl sites for hydroxylation is 1. The Morgan fingerprint density at radius 2 is 1.59 bits per heavy atom. The molecule has 0 spiro atoms. The number of aromatic nitrogens is 1. The summed E-state index contributed by atoms with van der Waals surface area (Å²) in [4.78, 5) is 4.70. The Labute approximate surface area is 188 Å². The van der Waals surface area contributed by atoms with E-state index in [1.54, 1.807) is 37.6 Å². The molecule has 162 valence electrons. The molecule has 6 heteroatoms. The van der Waals surface area contributed by atoms with E-state index in [0.29, 0.717) is 5.75 Å². The van der Waals surface area contributed by atoms with Crippen LogP contribution < -0.4 is 9.46 Å². The van der Waals surface area contributed by atoms with Crippen molar-refractivity contribution in [2.45, 2.75) is 17.9 Å². The van der Waals surface area contributed by atoms with Gasteiger partial charge < -0.3 is 4.74 Å². The van der Waals surface area contributed by atoms with E-state index in [4.69, 9.17) is 4.74 Å². The summed E-state index contributed by atoms with van der Waals surface area (Å²) >= 11 is 0. The Bertz CT molecular complexity index is 1290. The fourth-order valence-electron chi connectivity index (χ4n) is 3.56. The zero-order valence-corrected chi connectivity index (χ0v) is 18.7. The standard InChI is InChI=1S/C26H24N2O3S/c1-19-11-14-22(15-12-19)32(29,30)28-26(20-8-4-3-5-9-20)24-18-21(31-2)13-16-23(24)25-10-6-7-17-27-25/h3-18,26,28H,1-2H3. The molecule has 0 saturated carbocycles. The number of nitrogens with zero attached hydrogens (tertiary/aromatic N) is 1. The topological polar surface area (TPSA) is 68.3 Å². The predicted molar refractivity (Wildman–Crippen MR) is 126 cm³/mol. The lowest BCUT2D eigenvalue weighted by molar-refractivity contribution is 0.414. The highest BCUT2D eigenvalue weighted by Crippen LogP contribution is 2.35. The van der Waals surface area contributed by atoms with Crippen molar-refractivity contribution in [1.82, 2.24) is 9.71 Å². The summed E-state index contributed by atoms with van der Waals surface area (Å²) < 4.78 is 35.1. The predicted octanol–water partition coefficient (Wildman–Crippen LogP) is 5.13. The molecule has 0 saturated heterocycles. The first-order chi connectivity index (χ1) is 15.5. The lowest BCUT2D eigenvalue weighted by atomic mass is 9.93. The lowest BCUT2D eigenvalue weighted by Crippen LogP contribution is -2.30. The van der Waals surface area contributed by atoms with Crippen LogP contribution in [0.25, 0.3) is 11.3 Å². The molecule has 1 unspecified atom stereocenters. The zero-order valence-electron chi connectivity index (χ0n) is 17.9. The Morgan fingerprint density at radius 3 is 2.25 bits per heavy atom. The minimum absolute atomic E-state index is 0.214. The summed E-state index contributed by atoms with van der Waals surface area (Å²) in [7, 11) is -2.21. The van der Waals surface area contributed by atoms with E-state index < -0.39 is 16.1 Å². The third-order valence-electron chi connectivity index (χ3n) is 5.25. The average molecular weight is 445 g/mol. The Morgan fingerprint density at radius 1 is 0.875 bits per heavy atom. The number of ether oxygens (including phenoxy) is 1. The van der Waals surface area contributed by atoms with Gasteiger partial charge in [0.1, 0.15) is 5.75 Å². The first-order valence-electron chi connectivity index (χ1n) is 10.2. The molecular weight excluding hydrogens is 420 g/mol. The molecule has 4 aromatic rings. The molecule has 1 heterocycles. The van der Waals surface area contributed by atoms with Crippen LogP contribution in [0.4, 0.5) is 0 Å². The van der Waals surface area contributed by atoms with E-state index in [0.717, 1.165) is 27.9 Å². The third kappa shape index (κ3) is 4.72. The molecule has 0 aliphatic rings. The van der Waals surface area contributed by atoms with Gasteiger partial charge in [0.2, 0.25) is 10.0 Å². The van der Waals surface area contributed by atoms with Gasteiger partial charge in [0, 0.05) is 11.8 Å². The van der Waals surface area contributed by atoms with E-state index in [2.05, 4.69) is 9.71 Å². The SMILES string of the molecule is COc1ccc(-c2ccccn2)c(C(NS(=O)(=O)c2ccc(C)cc2)c2ccccc2)c1. The maximum Gasteiger partial charge on any atom is 0.241 e. The average Bonchev–Trinajstić information content (AvgIpc) is 2.83. The maximum absolute atomic E-state index is 13.3. The quantitative estimate of drug-likeness (QED) is 0.429. The summed E-state index contributed by atoms with van der Waals surface area (Å²) in [6, 6.07) is 26.9. The van der Waals surface area contributed by atoms with Crippen LogP contribution >= 0.6 is 0 Å². The number of nitrogens with one attached hydrogen (secondary N) is 1. The summed E-state index contributed by atoms with van der Waals surface area (Å²) in [5.41, 5.74) is 4.14. The highest BCUT2D eigenvalue weighted by Gasteiger charge is 2.26. The van der Waals surface area contributed by atoms with Crippen LogP contribution in [0.3, 0.4) is 0 Å². The molecule has 0 fully saturated rings. The van der Waals surface area contributed by atoms with Gasteiger partial charge in [0.15, 0.2) is 0 Å². The van der Waals surface area contributed by atoms with Gasteiger partial charge in [-0.05, 0) is 60.5 Å². The van der Waals surface area contributed by atoms with Crippen molar-refractivity contribution in [2.75, 3.05) is 7.11 Å². The van der Waals surface area contributed by atoms with Crippen molar-refractivity contribution in [2.24, 2.45) is 0 Å². The van der Waals surface area contributed by atoms with Gasteiger partial charge in [0.25, 0.3) is 0 Å². The first-order valence-corrected chi connectivity index (χ1v) is 11.7. The molecule has 4 rings (SSSR count). The Hall–Kier alpha value is -3.48. The molecule has 0 aliphatic carbocycles. The second kappa shape index (κ2) is 9.34. The fourth-order valence-corrected chi connectivity index (χ4v) is 4.76. The van der Waals surface area contributed by atoms with Gasteiger partial charge in [-0.2, -0.15) is 4.72 Å². The normalized spacial score (nSPS) is 12.3. The van der Waals surface area contributed by atoms with Crippen molar-refractivity contribution >= 4 is 10.0 Å². The van der Waals surface area contributed by atoms with Gasteiger partial charge >= 0.3 is 0 Å². The highest BCUT2D eigenvalue weighted by molar-refractivity contribution is 7.89. The Balaban J connectivity index is 1.88. The van der Waals surface area contributed by atoms with Crippen molar-refractivity contribution in [3.63, 3.8) is 0 Å². The molecule has 0 aliphatic heterocycles. The van der Waals surface area contributed by atoms with Crippen LogP contribution in [0.15, 0.2) is 102 Å². The summed E-state index contributed by atoms with van der Waals surface area (Å²) in [6.07, 6.45) is 1.72. The van der Waals surface area contributed by atoms with E-state index in [-0.39, 0.29) is 4.90 Å². The van der Waals surface area contributed by atoms with E-state index >= 15 is 0 Å². The third-order valence-corrected chi connectivity index (χ3v) is 6.69. The van der Waals surface area contributed by atoms with E-state index in [1.807, 2.05) is 73.7 Å². The van der Waals surface area contributed by atoms with Gasteiger partial charge in [-0.15, -0.1) is 0 Å². The summed E-state index contributed by atoms with van der Waals surface area (Å²) in [6.45, 7) is 1.92. The molecule has 1 atom stereocenters. The van der Waals surface area contributed by atoms with E-state index in [9.17, 15) is 8.42 Å². The monoisotopic (exact) mass is 444 g/mol. The minimum atomic E-state index is -3.80. The fraction of sp³-hybridized carbons (Fsp3) is 0.115. The molecule has 1 N–H and O–H groups in total. The van der Waals surface area contributed by atoms with Crippen molar-refractivity contribution < 1.29 is 13.2 Å². The van der Waals surface area contributed by atoms with Crippen molar-refractivity contribution in [1.29, 1.82) is 0 Å². The number of pyridine rings is 1. The van der Waals surface area contributed by atoms with Crippen LogP contribution in [0.1, 0.15) is 22.7 Å².